The number of nitrogen functional groups attached to an aromatic ring is 1. The maximum Gasteiger partial charge on any atom is 0.261 e. The number of rotatable bonds is 7. The van der Waals surface area contributed by atoms with Gasteiger partial charge in [-0.25, -0.2) is 9.97 Å². The number of aromatic nitrogens is 2. The summed E-state index contributed by atoms with van der Waals surface area (Å²) in [6, 6.07) is 6.78. The highest BCUT2D eigenvalue weighted by Crippen LogP contribution is 2.28. The van der Waals surface area contributed by atoms with Gasteiger partial charge in [0.1, 0.15) is 18.2 Å². The lowest BCUT2D eigenvalue weighted by molar-refractivity contribution is -0.156. The van der Waals surface area contributed by atoms with E-state index in [1.165, 1.54) is 17.7 Å². The summed E-state index contributed by atoms with van der Waals surface area (Å²) >= 11 is 7.26. The van der Waals surface area contributed by atoms with E-state index in [1.807, 2.05) is 36.9 Å². The van der Waals surface area contributed by atoms with Crippen molar-refractivity contribution in [3.05, 3.63) is 46.6 Å². The monoisotopic (exact) mass is 487 g/mol. The van der Waals surface area contributed by atoms with Crippen LogP contribution < -0.4 is 10.5 Å². The highest BCUT2D eigenvalue weighted by molar-refractivity contribution is 7.12. The Labute approximate surface area is 201 Å². The van der Waals surface area contributed by atoms with Crippen LogP contribution in [0.15, 0.2) is 36.0 Å². The van der Waals surface area contributed by atoms with E-state index in [4.69, 9.17) is 22.1 Å². The Morgan fingerprint density at radius 1 is 1.33 bits per heavy atom. The summed E-state index contributed by atoms with van der Waals surface area (Å²) in [5.41, 5.74) is 7.62. The first-order chi connectivity index (χ1) is 15.9. The van der Waals surface area contributed by atoms with Gasteiger partial charge in [-0.1, -0.05) is 31.0 Å². The van der Waals surface area contributed by atoms with Crippen molar-refractivity contribution in [2.24, 2.45) is 0 Å². The van der Waals surface area contributed by atoms with Gasteiger partial charge in [0.15, 0.2) is 11.7 Å². The van der Waals surface area contributed by atoms with E-state index < -0.39 is 6.04 Å². The van der Waals surface area contributed by atoms with Gasteiger partial charge in [0.25, 0.3) is 5.91 Å². The topological polar surface area (TPSA) is 102 Å². The number of hydrogen-bond donors (Lipinski definition) is 1. The molecular formula is C23H26ClN5O3S. The fraction of sp³-hybridized carbons (Fsp3) is 0.391. The van der Waals surface area contributed by atoms with Crippen LogP contribution in [0.5, 0.6) is 5.06 Å². The van der Waals surface area contributed by atoms with Crippen LogP contribution in [-0.2, 0) is 16.1 Å². The summed E-state index contributed by atoms with van der Waals surface area (Å²) < 4.78 is 5.61. The van der Waals surface area contributed by atoms with Crippen LogP contribution in [0, 0.1) is 0 Å². The van der Waals surface area contributed by atoms with Gasteiger partial charge in [-0.15, -0.1) is 11.3 Å². The zero-order valence-electron chi connectivity index (χ0n) is 18.5. The van der Waals surface area contributed by atoms with Crippen LogP contribution in [-0.4, -0.2) is 56.8 Å². The van der Waals surface area contributed by atoms with Crippen molar-refractivity contribution in [3.63, 3.8) is 0 Å². The summed E-state index contributed by atoms with van der Waals surface area (Å²) in [5.74, 6) is 0.180. The molecule has 1 aliphatic heterocycles. The number of halogens is 1. The molecule has 0 radical (unpaired) electrons. The van der Waals surface area contributed by atoms with E-state index in [9.17, 15) is 9.59 Å². The molecule has 3 heterocycles. The van der Waals surface area contributed by atoms with Gasteiger partial charge in [-0.05, 0) is 31.0 Å². The number of carbonyl (C=O) groups excluding carboxylic acids is 2. The molecule has 3 aromatic rings. The molecule has 33 heavy (non-hydrogen) atoms. The van der Waals surface area contributed by atoms with Gasteiger partial charge in [-0.3, -0.25) is 9.59 Å². The number of benzene rings is 1. The lowest BCUT2D eigenvalue weighted by Crippen LogP contribution is -2.62. The van der Waals surface area contributed by atoms with Crippen LogP contribution in [0.2, 0.25) is 5.02 Å². The Balaban J connectivity index is 1.49. The maximum atomic E-state index is 13.5. The molecule has 4 rings (SSSR count). The number of thiophene rings is 1. The average Bonchev–Trinajstić information content (AvgIpc) is 3.22. The summed E-state index contributed by atoms with van der Waals surface area (Å²) in [7, 11) is 0. The summed E-state index contributed by atoms with van der Waals surface area (Å²) in [6.45, 7) is 4.74. The van der Waals surface area contributed by atoms with Crippen molar-refractivity contribution in [1.29, 1.82) is 0 Å². The number of anilines is 1. The molecule has 2 atom stereocenters. The Kier molecular flexibility index (Phi) is 6.99. The van der Waals surface area contributed by atoms with Crippen LogP contribution in [0.3, 0.4) is 0 Å². The zero-order valence-corrected chi connectivity index (χ0v) is 20.1. The van der Waals surface area contributed by atoms with Crippen LogP contribution in [0.25, 0.3) is 10.9 Å². The highest BCUT2D eigenvalue weighted by atomic mass is 35.5. The van der Waals surface area contributed by atoms with Crippen LogP contribution >= 0.6 is 22.9 Å². The third-order valence-electron chi connectivity index (χ3n) is 5.79. The number of nitrogens with two attached hydrogens (primary N) is 1. The van der Waals surface area contributed by atoms with Crippen molar-refractivity contribution in [2.45, 2.75) is 45.3 Å². The lowest BCUT2D eigenvalue weighted by Gasteiger charge is -2.44. The molecule has 1 fully saturated rings. The third kappa shape index (κ3) is 5.04. The number of carbonyl (C=O) groups is 2. The fourth-order valence-electron chi connectivity index (χ4n) is 4.12. The van der Waals surface area contributed by atoms with Crippen molar-refractivity contribution in [1.82, 2.24) is 19.8 Å². The van der Waals surface area contributed by atoms with Gasteiger partial charge < -0.3 is 20.3 Å². The van der Waals surface area contributed by atoms with Crippen molar-refractivity contribution in [3.8, 4) is 5.06 Å². The minimum absolute atomic E-state index is 0.0505. The first kappa shape index (κ1) is 23.3. The highest BCUT2D eigenvalue weighted by Gasteiger charge is 2.40. The van der Waals surface area contributed by atoms with Crippen LogP contribution in [0.1, 0.15) is 32.3 Å². The molecule has 2 N–H and O–H groups in total. The van der Waals surface area contributed by atoms with Gasteiger partial charge in [0.05, 0.1) is 10.5 Å². The normalized spacial score (nSPS) is 18.7. The van der Waals surface area contributed by atoms with Crippen LogP contribution in [0.4, 0.5) is 5.82 Å². The van der Waals surface area contributed by atoms with Crippen molar-refractivity contribution < 1.29 is 14.3 Å². The predicted molar refractivity (Wildman–Crippen MR) is 129 cm³/mol. The number of amides is 2. The Hall–Kier alpha value is -2.91. The quantitative estimate of drug-likeness (QED) is 0.544. The van der Waals surface area contributed by atoms with E-state index in [0.29, 0.717) is 35.4 Å². The molecular weight excluding hydrogens is 462 g/mol. The van der Waals surface area contributed by atoms with E-state index in [2.05, 4.69) is 9.97 Å². The van der Waals surface area contributed by atoms with Crippen molar-refractivity contribution in [2.75, 3.05) is 18.9 Å². The number of ether oxygens (including phenoxy) is 1. The molecule has 1 aromatic carbocycles. The van der Waals surface area contributed by atoms with E-state index >= 15 is 0 Å². The number of nitrogens with zero attached hydrogens (tertiary/aromatic N) is 4. The maximum absolute atomic E-state index is 13.5. The Morgan fingerprint density at radius 2 is 2.15 bits per heavy atom. The Morgan fingerprint density at radius 3 is 2.88 bits per heavy atom. The number of fused-ring (bicyclic) bond motifs is 1. The molecule has 0 unspecified atom stereocenters. The van der Waals surface area contributed by atoms with Crippen molar-refractivity contribution >= 4 is 51.5 Å². The average molecular weight is 488 g/mol. The first-order valence-electron chi connectivity index (χ1n) is 10.8. The molecule has 2 amide bonds. The van der Waals surface area contributed by atoms with Gasteiger partial charge in [-0.2, -0.15) is 0 Å². The zero-order chi connectivity index (χ0) is 23.5. The predicted octanol–water partition coefficient (Wildman–Crippen LogP) is 3.73. The molecule has 1 aliphatic rings. The molecule has 0 spiro atoms. The van der Waals surface area contributed by atoms with Gasteiger partial charge >= 0.3 is 0 Å². The summed E-state index contributed by atoms with van der Waals surface area (Å²) in [5, 5.41) is 3.69. The molecule has 2 aromatic heterocycles. The smallest absolute Gasteiger partial charge is 0.261 e. The second-order valence-electron chi connectivity index (χ2n) is 8.15. The summed E-state index contributed by atoms with van der Waals surface area (Å²) in [6.07, 6.45) is 2.82. The number of hydrogen-bond acceptors (Lipinski definition) is 7. The standard InChI is InChI=1S/C23H26ClN5O3S/c1-3-4-19-23(31)28(10-15-5-6-17-18(7-15)26-13-27-22(17)25)14(2)9-29(19)20(30)11-32-21-8-16(24)12-33-21/h5-8,12-14,19H,3-4,9-11H2,1-2H3,(H2,25,26,27)/t14-,19+/m1/s1. The second kappa shape index (κ2) is 9.93. The van der Waals surface area contributed by atoms with Gasteiger partial charge in [0.2, 0.25) is 5.91 Å². The first-order valence-corrected chi connectivity index (χ1v) is 12.1. The fourth-order valence-corrected chi connectivity index (χ4v) is 5.04. The summed E-state index contributed by atoms with van der Waals surface area (Å²) in [4.78, 5) is 38.3. The minimum atomic E-state index is -0.507. The van der Waals surface area contributed by atoms with Gasteiger partial charge in [0, 0.05) is 36.0 Å². The molecule has 10 heteroatoms. The largest absolute Gasteiger partial charge is 0.474 e. The molecule has 8 nitrogen and oxygen atoms in total. The molecule has 0 bridgehead atoms. The minimum Gasteiger partial charge on any atom is -0.474 e. The molecule has 1 saturated heterocycles. The van der Waals surface area contributed by atoms with E-state index in [1.54, 1.807) is 16.3 Å². The molecule has 0 saturated carbocycles. The third-order valence-corrected chi connectivity index (χ3v) is 6.97. The number of piperazine rings is 1. The Bertz CT molecular complexity index is 1170. The lowest BCUT2D eigenvalue weighted by atomic mass is 10.0. The molecule has 0 aliphatic carbocycles. The van der Waals surface area contributed by atoms with E-state index in [-0.39, 0.29) is 24.5 Å². The molecule has 174 valence electrons. The van der Waals surface area contributed by atoms with E-state index in [0.717, 1.165) is 22.9 Å². The second-order valence-corrected chi connectivity index (χ2v) is 9.46. The SMILES string of the molecule is CCC[C@H]1C(=O)N(Cc2ccc3c(N)ncnc3c2)[C@H](C)CN1C(=O)COc1cc(Cl)cs1.